The van der Waals surface area contributed by atoms with Crippen LogP contribution in [-0.2, 0) is 11.2 Å². The van der Waals surface area contributed by atoms with Crippen LogP contribution in [0.3, 0.4) is 0 Å². The van der Waals surface area contributed by atoms with Crippen molar-refractivity contribution in [2.45, 2.75) is 39.2 Å². The number of rotatable bonds is 5. The number of carbonyl (C=O) groups excluding carboxylic acids is 2. The van der Waals surface area contributed by atoms with Crippen molar-refractivity contribution in [1.82, 2.24) is 9.88 Å². The lowest BCUT2D eigenvalue weighted by atomic mass is 9.87. The van der Waals surface area contributed by atoms with E-state index in [1.807, 2.05) is 7.05 Å². The molecular weight excluding hydrogens is 328 g/mol. The van der Waals surface area contributed by atoms with E-state index in [9.17, 15) is 9.59 Å². The number of aromatic nitrogens is 1. The van der Waals surface area contributed by atoms with Crippen LogP contribution in [0.1, 0.15) is 62.1 Å². The first-order valence-electron chi connectivity index (χ1n) is 9.02. The Morgan fingerprint density at radius 2 is 2.00 bits per heavy atom. The maximum absolute atomic E-state index is 12.9. The molecule has 0 saturated carbocycles. The average Bonchev–Trinajstić information content (AvgIpc) is 2.95. The van der Waals surface area contributed by atoms with Gasteiger partial charge in [0.1, 0.15) is 0 Å². The Kier molecular flexibility index (Phi) is 5.28. The molecule has 1 aliphatic rings. The van der Waals surface area contributed by atoms with Gasteiger partial charge in [-0.25, -0.2) is 4.79 Å². The molecule has 1 heterocycles. The number of aryl methyl sites for hydroxylation is 2. The Balaban J connectivity index is 1.80. The quantitative estimate of drug-likeness (QED) is 0.658. The molecular formula is C21H26N2O3. The van der Waals surface area contributed by atoms with Crippen molar-refractivity contribution in [3.63, 3.8) is 0 Å². The zero-order valence-corrected chi connectivity index (χ0v) is 15.9. The van der Waals surface area contributed by atoms with Crippen molar-refractivity contribution in [3.8, 4) is 0 Å². The number of nitrogens with one attached hydrogen (secondary N) is 1. The first kappa shape index (κ1) is 18.4. The molecule has 5 nitrogen and oxygen atoms in total. The number of hydrogen-bond donors (Lipinski definition) is 1. The molecule has 0 bridgehead atoms. The van der Waals surface area contributed by atoms with Crippen molar-refractivity contribution >= 4 is 11.8 Å². The lowest BCUT2D eigenvalue weighted by Crippen LogP contribution is -2.32. The largest absolute Gasteiger partial charge is 0.465 e. The van der Waals surface area contributed by atoms with Crippen molar-refractivity contribution in [2.24, 2.45) is 0 Å². The summed E-state index contributed by atoms with van der Waals surface area (Å²) in [5.41, 5.74) is 4.99. The molecule has 0 amide bonds. The van der Waals surface area contributed by atoms with E-state index in [0.29, 0.717) is 29.1 Å². The Bertz CT molecular complexity index is 838. The molecule has 1 aromatic heterocycles. The van der Waals surface area contributed by atoms with Gasteiger partial charge in [0, 0.05) is 11.7 Å². The number of aromatic amines is 1. The third kappa shape index (κ3) is 3.31. The fourth-order valence-electron chi connectivity index (χ4n) is 4.04. The Morgan fingerprint density at radius 1 is 1.27 bits per heavy atom. The summed E-state index contributed by atoms with van der Waals surface area (Å²) in [5, 5.41) is 0. The molecule has 5 heteroatoms. The number of Topliss-reactive ketones (excluding diaryl/α,β-unsaturated/α-hetero) is 1. The number of fused-ring (bicyclic) bond motifs is 1. The monoisotopic (exact) mass is 354 g/mol. The number of ketones is 1. The van der Waals surface area contributed by atoms with Gasteiger partial charge in [-0.1, -0.05) is 24.3 Å². The molecule has 0 aliphatic heterocycles. The van der Waals surface area contributed by atoms with Gasteiger partial charge in [-0.3, -0.25) is 9.69 Å². The minimum absolute atomic E-state index is 0.00805. The maximum Gasteiger partial charge on any atom is 0.339 e. The predicted molar refractivity (Wildman–Crippen MR) is 101 cm³/mol. The van der Waals surface area contributed by atoms with Gasteiger partial charge in [0.2, 0.25) is 0 Å². The summed E-state index contributed by atoms with van der Waals surface area (Å²) in [7, 11) is 3.35. The number of H-pyrrole nitrogens is 1. The normalized spacial score (nSPS) is 16.4. The molecule has 0 radical (unpaired) electrons. The molecule has 0 saturated heterocycles. The van der Waals surface area contributed by atoms with Crippen LogP contribution in [0.15, 0.2) is 24.3 Å². The van der Waals surface area contributed by atoms with Crippen LogP contribution < -0.4 is 0 Å². The Hall–Kier alpha value is -2.40. The molecule has 3 rings (SSSR count). The number of benzene rings is 1. The average molecular weight is 354 g/mol. The number of esters is 1. The van der Waals surface area contributed by atoms with Gasteiger partial charge >= 0.3 is 5.97 Å². The number of likely N-dealkylation sites (N-methyl/N-ethyl adjacent to an activating group) is 1. The first-order chi connectivity index (χ1) is 12.4. The molecule has 1 aromatic carbocycles. The number of ether oxygens (including phenoxy) is 1. The van der Waals surface area contributed by atoms with Crippen LogP contribution in [0, 0.1) is 13.8 Å². The molecule has 2 aromatic rings. The maximum atomic E-state index is 12.9. The standard InChI is InChI=1S/C21H26N2O3/c1-13-19(21(25)26-4)14(2)22-20(13)18(24)12-23(3)17-11-7-9-15-8-5-6-10-16(15)17/h5-6,8,10,17,22H,7,9,11-12H2,1-4H3/t17-/m1/s1. The molecule has 1 N–H and O–H groups in total. The zero-order valence-electron chi connectivity index (χ0n) is 15.9. The molecule has 138 valence electrons. The summed E-state index contributed by atoms with van der Waals surface area (Å²) in [4.78, 5) is 30.0. The van der Waals surface area contributed by atoms with Gasteiger partial charge in [0.25, 0.3) is 0 Å². The first-order valence-corrected chi connectivity index (χ1v) is 9.02. The molecule has 0 fully saturated rings. The summed E-state index contributed by atoms with van der Waals surface area (Å²) < 4.78 is 4.83. The van der Waals surface area contributed by atoms with E-state index >= 15 is 0 Å². The lowest BCUT2D eigenvalue weighted by Gasteiger charge is -2.32. The van der Waals surface area contributed by atoms with Crippen molar-refractivity contribution < 1.29 is 14.3 Å². The van der Waals surface area contributed by atoms with Gasteiger partial charge in [0.15, 0.2) is 5.78 Å². The number of hydrogen-bond acceptors (Lipinski definition) is 4. The second kappa shape index (κ2) is 7.46. The lowest BCUT2D eigenvalue weighted by molar-refractivity contribution is 0.0599. The van der Waals surface area contributed by atoms with E-state index in [0.717, 1.165) is 19.3 Å². The van der Waals surface area contributed by atoms with Crippen molar-refractivity contribution in [2.75, 3.05) is 20.7 Å². The highest BCUT2D eigenvalue weighted by atomic mass is 16.5. The molecule has 26 heavy (non-hydrogen) atoms. The van der Waals surface area contributed by atoms with Crippen LogP contribution in [-0.4, -0.2) is 42.3 Å². The van der Waals surface area contributed by atoms with E-state index < -0.39 is 5.97 Å². The highest BCUT2D eigenvalue weighted by molar-refractivity contribution is 6.02. The van der Waals surface area contributed by atoms with Crippen LogP contribution >= 0.6 is 0 Å². The number of carbonyl (C=O) groups is 2. The Morgan fingerprint density at radius 3 is 2.73 bits per heavy atom. The summed E-state index contributed by atoms with van der Waals surface area (Å²) in [6.45, 7) is 3.89. The fraction of sp³-hybridized carbons (Fsp3) is 0.429. The summed E-state index contributed by atoms with van der Waals surface area (Å²) in [6, 6.07) is 8.73. The summed E-state index contributed by atoms with van der Waals surface area (Å²) in [6.07, 6.45) is 3.29. The minimum atomic E-state index is -0.412. The van der Waals surface area contributed by atoms with E-state index in [4.69, 9.17) is 4.74 Å². The highest BCUT2D eigenvalue weighted by Crippen LogP contribution is 2.33. The van der Waals surface area contributed by atoms with E-state index in [1.54, 1.807) is 13.8 Å². The van der Waals surface area contributed by atoms with Gasteiger partial charge in [-0.15, -0.1) is 0 Å². The third-order valence-electron chi connectivity index (χ3n) is 5.37. The van der Waals surface area contributed by atoms with Crippen LogP contribution in [0.4, 0.5) is 0 Å². The molecule has 0 spiro atoms. The SMILES string of the molecule is COC(=O)c1c(C)[nH]c(C(=O)CN(C)[C@@H]2CCCc3ccccc32)c1C. The molecule has 1 atom stereocenters. The van der Waals surface area contributed by atoms with Gasteiger partial charge in [-0.05, 0) is 56.8 Å². The smallest absolute Gasteiger partial charge is 0.339 e. The summed E-state index contributed by atoms with van der Waals surface area (Å²) >= 11 is 0. The van der Waals surface area contributed by atoms with Gasteiger partial charge < -0.3 is 9.72 Å². The second-order valence-electron chi connectivity index (χ2n) is 7.06. The van der Waals surface area contributed by atoms with Crippen LogP contribution in [0.2, 0.25) is 0 Å². The highest BCUT2D eigenvalue weighted by Gasteiger charge is 2.27. The van der Waals surface area contributed by atoms with E-state index in [1.165, 1.54) is 18.2 Å². The predicted octanol–water partition coefficient (Wildman–Crippen LogP) is 3.61. The van der Waals surface area contributed by atoms with E-state index in [2.05, 4.69) is 34.1 Å². The summed E-state index contributed by atoms with van der Waals surface area (Å²) in [5.74, 6) is -0.420. The van der Waals surface area contributed by atoms with Gasteiger partial charge in [-0.2, -0.15) is 0 Å². The van der Waals surface area contributed by atoms with Gasteiger partial charge in [0.05, 0.1) is 24.9 Å². The minimum Gasteiger partial charge on any atom is -0.465 e. The second-order valence-corrected chi connectivity index (χ2v) is 7.06. The Labute approximate surface area is 154 Å². The topological polar surface area (TPSA) is 62.4 Å². The van der Waals surface area contributed by atoms with Crippen LogP contribution in [0.5, 0.6) is 0 Å². The third-order valence-corrected chi connectivity index (χ3v) is 5.37. The van der Waals surface area contributed by atoms with E-state index in [-0.39, 0.29) is 11.8 Å². The van der Waals surface area contributed by atoms with Crippen molar-refractivity contribution in [1.29, 1.82) is 0 Å². The van der Waals surface area contributed by atoms with Crippen molar-refractivity contribution in [3.05, 3.63) is 57.9 Å². The zero-order chi connectivity index (χ0) is 18.8. The van der Waals surface area contributed by atoms with Crippen LogP contribution in [0.25, 0.3) is 0 Å². The number of nitrogens with zero attached hydrogens (tertiary/aromatic N) is 1. The molecule has 1 aliphatic carbocycles. The fourth-order valence-corrected chi connectivity index (χ4v) is 4.04. The number of methoxy groups -OCH3 is 1. The molecule has 0 unspecified atom stereocenters.